The van der Waals surface area contributed by atoms with E-state index in [4.69, 9.17) is 5.11 Å². The molecule has 2 rings (SSSR count). The number of nitrogens with zero attached hydrogens (tertiary/aromatic N) is 1. The lowest BCUT2D eigenvalue weighted by Crippen LogP contribution is -2.42. The highest BCUT2D eigenvalue weighted by Crippen LogP contribution is 2.17. The smallest absolute Gasteiger partial charge is 0.335 e. The van der Waals surface area contributed by atoms with Gasteiger partial charge in [-0.2, -0.15) is 0 Å². The molecule has 1 saturated heterocycles. The number of carboxylic acid groups (broad SMARTS) is 1. The van der Waals surface area contributed by atoms with E-state index >= 15 is 0 Å². The number of benzene rings is 1. The molecule has 118 valence electrons. The largest absolute Gasteiger partial charge is 0.478 e. The molecule has 0 aromatic heterocycles. The molecule has 1 aromatic carbocycles. The van der Waals surface area contributed by atoms with Crippen LogP contribution in [0, 0.1) is 5.92 Å². The Morgan fingerprint density at radius 1 is 1.41 bits per heavy atom. The lowest BCUT2D eigenvalue weighted by atomic mass is 9.95. The number of piperidine rings is 1. The van der Waals surface area contributed by atoms with Gasteiger partial charge in [0, 0.05) is 32.5 Å². The molecule has 1 atom stereocenters. The Kier molecular flexibility index (Phi) is 5.14. The molecule has 1 unspecified atom stereocenters. The summed E-state index contributed by atoms with van der Waals surface area (Å²) in [6.07, 6.45) is 1.51. The van der Waals surface area contributed by atoms with Gasteiger partial charge in [0.2, 0.25) is 11.8 Å². The summed E-state index contributed by atoms with van der Waals surface area (Å²) in [7, 11) is 1.74. The van der Waals surface area contributed by atoms with Crippen LogP contribution in [0.3, 0.4) is 0 Å². The Hall–Kier alpha value is -2.37. The van der Waals surface area contributed by atoms with E-state index in [1.807, 2.05) is 6.07 Å². The van der Waals surface area contributed by atoms with E-state index in [1.165, 1.54) is 6.07 Å². The number of hydrogen-bond acceptors (Lipinski definition) is 3. The van der Waals surface area contributed by atoms with Crippen molar-refractivity contribution in [3.05, 3.63) is 35.4 Å². The lowest BCUT2D eigenvalue weighted by Gasteiger charge is -2.27. The lowest BCUT2D eigenvalue weighted by molar-refractivity contribution is -0.139. The van der Waals surface area contributed by atoms with Gasteiger partial charge in [0.05, 0.1) is 5.56 Å². The Balaban J connectivity index is 1.81. The van der Waals surface area contributed by atoms with Crippen LogP contribution in [0.1, 0.15) is 28.8 Å². The summed E-state index contributed by atoms with van der Waals surface area (Å²) < 4.78 is 0. The van der Waals surface area contributed by atoms with Crippen molar-refractivity contribution in [3.63, 3.8) is 0 Å². The first-order valence-electron chi connectivity index (χ1n) is 7.31. The monoisotopic (exact) mass is 304 g/mol. The number of carbonyl (C=O) groups is 3. The maximum Gasteiger partial charge on any atom is 0.335 e. The summed E-state index contributed by atoms with van der Waals surface area (Å²) >= 11 is 0. The van der Waals surface area contributed by atoms with Crippen LogP contribution in [0.5, 0.6) is 0 Å². The minimum Gasteiger partial charge on any atom is -0.478 e. The minimum atomic E-state index is -0.962. The van der Waals surface area contributed by atoms with Crippen LogP contribution >= 0.6 is 0 Å². The van der Waals surface area contributed by atoms with Gasteiger partial charge in [-0.3, -0.25) is 9.59 Å². The topological polar surface area (TPSA) is 86.7 Å². The molecule has 0 bridgehead atoms. The molecule has 0 aliphatic carbocycles. The number of amides is 2. The Morgan fingerprint density at radius 2 is 2.18 bits per heavy atom. The van der Waals surface area contributed by atoms with Gasteiger partial charge in [-0.25, -0.2) is 4.79 Å². The van der Waals surface area contributed by atoms with Crippen molar-refractivity contribution in [1.29, 1.82) is 0 Å². The maximum atomic E-state index is 12.0. The molecule has 0 radical (unpaired) electrons. The van der Waals surface area contributed by atoms with E-state index < -0.39 is 5.97 Å². The SMILES string of the molecule is CN1CCC(C(=O)NCCc2cccc(C(=O)O)c2)CC1=O. The Morgan fingerprint density at radius 3 is 2.86 bits per heavy atom. The van der Waals surface area contributed by atoms with Gasteiger partial charge in [0.25, 0.3) is 0 Å². The van der Waals surface area contributed by atoms with Crippen LogP contribution in [0.4, 0.5) is 0 Å². The fourth-order valence-corrected chi connectivity index (χ4v) is 2.50. The van der Waals surface area contributed by atoms with E-state index in [-0.39, 0.29) is 29.7 Å². The van der Waals surface area contributed by atoms with Gasteiger partial charge >= 0.3 is 5.97 Å². The second-order valence-electron chi connectivity index (χ2n) is 5.55. The number of carboxylic acids is 1. The number of hydrogen-bond donors (Lipinski definition) is 2. The molecule has 22 heavy (non-hydrogen) atoms. The fraction of sp³-hybridized carbons (Fsp3) is 0.438. The number of rotatable bonds is 5. The molecule has 1 aromatic rings. The second-order valence-corrected chi connectivity index (χ2v) is 5.55. The average Bonchev–Trinajstić information content (AvgIpc) is 2.50. The summed E-state index contributed by atoms with van der Waals surface area (Å²) in [6, 6.07) is 6.66. The highest BCUT2D eigenvalue weighted by Gasteiger charge is 2.28. The van der Waals surface area contributed by atoms with Crippen molar-refractivity contribution in [3.8, 4) is 0 Å². The molecule has 2 amide bonds. The molecule has 0 spiro atoms. The van der Waals surface area contributed by atoms with E-state index in [1.54, 1.807) is 24.1 Å². The van der Waals surface area contributed by atoms with Crippen LogP contribution in [-0.2, 0) is 16.0 Å². The van der Waals surface area contributed by atoms with Crippen molar-refractivity contribution in [2.45, 2.75) is 19.3 Å². The van der Waals surface area contributed by atoms with Gasteiger partial charge in [0.15, 0.2) is 0 Å². The van der Waals surface area contributed by atoms with Crippen molar-refractivity contribution in [2.75, 3.05) is 20.1 Å². The molecule has 0 saturated carbocycles. The van der Waals surface area contributed by atoms with Crippen molar-refractivity contribution in [1.82, 2.24) is 10.2 Å². The molecule has 1 fully saturated rings. The minimum absolute atomic E-state index is 0.000518. The molecule has 1 aliphatic rings. The Labute approximate surface area is 129 Å². The van der Waals surface area contributed by atoms with Crippen molar-refractivity contribution >= 4 is 17.8 Å². The third-order valence-electron chi connectivity index (χ3n) is 3.92. The van der Waals surface area contributed by atoms with E-state index in [2.05, 4.69) is 5.32 Å². The van der Waals surface area contributed by atoms with E-state index in [0.717, 1.165) is 5.56 Å². The Bertz CT molecular complexity index is 585. The predicted molar refractivity (Wildman–Crippen MR) is 80.5 cm³/mol. The number of carbonyl (C=O) groups excluding carboxylic acids is 2. The average molecular weight is 304 g/mol. The first-order valence-corrected chi connectivity index (χ1v) is 7.31. The summed E-state index contributed by atoms with van der Waals surface area (Å²) in [5, 5.41) is 11.8. The normalized spacial score (nSPS) is 18.1. The third kappa shape index (κ3) is 4.07. The van der Waals surface area contributed by atoms with Gasteiger partial charge in [-0.15, -0.1) is 0 Å². The first kappa shape index (κ1) is 16.0. The summed E-state index contributed by atoms with van der Waals surface area (Å²) in [5.74, 6) is -1.32. The molecule has 1 aliphatic heterocycles. The van der Waals surface area contributed by atoms with Crippen LogP contribution in [0.15, 0.2) is 24.3 Å². The standard InChI is InChI=1S/C16H20N2O4/c1-18-8-6-12(10-14(18)19)15(20)17-7-5-11-3-2-4-13(9-11)16(21)22/h2-4,9,12H,5-8,10H2,1H3,(H,17,20)(H,21,22). The summed E-state index contributed by atoms with van der Waals surface area (Å²) in [5.41, 5.74) is 1.10. The van der Waals surface area contributed by atoms with Crippen molar-refractivity contribution < 1.29 is 19.5 Å². The van der Waals surface area contributed by atoms with Gasteiger partial charge < -0.3 is 15.3 Å². The highest BCUT2D eigenvalue weighted by atomic mass is 16.4. The molecule has 2 N–H and O–H groups in total. The summed E-state index contributed by atoms with van der Waals surface area (Å²) in [6.45, 7) is 1.04. The van der Waals surface area contributed by atoms with Crippen LogP contribution in [0.2, 0.25) is 0 Å². The zero-order valence-electron chi connectivity index (χ0n) is 12.5. The maximum absolute atomic E-state index is 12.0. The predicted octanol–water partition coefficient (Wildman–Crippen LogP) is 0.912. The fourth-order valence-electron chi connectivity index (χ4n) is 2.50. The molecule has 6 heteroatoms. The molecule has 6 nitrogen and oxygen atoms in total. The van der Waals surface area contributed by atoms with Crippen LogP contribution in [-0.4, -0.2) is 47.9 Å². The number of nitrogens with one attached hydrogen (secondary N) is 1. The first-order chi connectivity index (χ1) is 10.5. The third-order valence-corrected chi connectivity index (χ3v) is 3.92. The molecular formula is C16H20N2O4. The number of likely N-dealkylation sites (tertiary alicyclic amines) is 1. The van der Waals surface area contributed by atoms with Crippen molar-refractivity contribution in [2.24, 2.45) is 5.92 Å². The van der Waals surface area contributed by atoms with Gasteiger partial charge in [0.1, 0.15) is 0 Å². The molecule has 1 heterocycles. The van der Waals surface area contributed by atoms with E-state index in [9.17, 15) is 14.4 Å². The highest BCUT2D eigenvalue weighted by molar-refractivity contribution is 5.88. The van der Waals surface area contributed by atoms with Gasteiger partial charge in [-0.1, -0.05) is 12.1 Å². The van der Waals surface area contributed by atoms with Crippen LogP contribution in [0.25, 0.3) is 0 Å². The molecular weight excluding hydrogens is 284 g/mol. The quantitative estimate of drug-likeness (QED) is 0.846. The zero-order chi connectivity index (χ0) is 16.1. The van der Waals surface area contributed by atoms with Crippen LogP contribution < -0.4 is 5.32 Å². The second kappa shape index (κ2) is 7.06. The zero-order valence-corrected chi connectivity index (χ0v) is 12.5. The van der Waals surface area contributed by atoms with Gasteiger partial charge in [-0.05, 0) is 30.5 Å². The number of aromatic carboxylic acids is 1. The van der Waals surface area contributed by atoms with E-state index in [0.29, 0.717) is 25.9 Å². The summed E-state index contributed by atoms with van der Waals surface area (Å²) in [4.78, 5) is 36.2.